The topological polar surface area (TPSA) is 52.0 Å². The van der Waals surface area contributed by atoms with Crippen molar-refractivity contribution in [3.63, 3.8) is 0 Å². The van der Waals surface area contributed by atoms with E-state index in [-0.39, 0.29) is 16.9 Å². The zero-order valence-electron chi connectivity index (χ0n) is 12.1. The highest BCUT2D eigenvalue weighted by atomic mass is 14.8. The van der Waals surface area contributed by atoms with Gasteiger partial charge in [-0.15, -0.1) is 0 Å². The number of benzene rings is 1. The summed E-state index contributed by atoms with van der Waals surface area (Å²) < 4.78 is 0. The summed E-state index contributed by atoms with van der Waals surface area (Å²) in [7, 11) is 0. The Morgan fingerprint density at radius 2 is 1.89 bits per heavy atom. The van der Waals surface area contributed by atoms with Crippen molar-refractivity contribution in [1.82, 2.24) is 0 Å². The van der Waals surface area contributed by atoms with Gasteiger partial charge < -0.3 is 11.5 Å². The van der Waals surface area contributed by atoms with Gasteiger partial charge in [-0.1, -0.05) is 39.0 Å². The standard InChI is InChI=1S/C16H26N2/c1-11-5-6-12(15(2,3)4)9-13(11)14(18)16(10-17)7-8-16/h5-6,9,14H,7-8,10,17-18H2,1-4H3. The summed E-state index contributed by atoms with van der Waals surface area (Å²) in [6.07, 6.45) is 2.34. The lowest BCUT2D eigenvalue weighted by Crippen LogP contribution is -2.30. The van der Waals surface area contributed by atoms with Crippen LogP contribution in [0.5, 0.6) is 0 Å². The maximum absolute atomic E-state index is 6.48. The zero-order chi connectivity index (χ0) is 13.6. The second-order valence-corrected chi connectivity index (χ2v) is 6.87. The summed E-state index contributed by atoms with van der Waals surface area (Å²) in [5, 5.41) is 0. The molecule has 1 unspecified atom stereocenters. The minimum atomic E-state index is 0.0878. The monoisotopic (exact) mass is 246 g/mol. The van der Waals surface area contributed by atoms with Gasteiger partial charge in [-0.2, -0.15) is 0 Å². The summed E-state index contributed by atoms with van der Waals surface area (Å²) in [4.78, 5) is 0. The van der Waals surface area contributed by atoms with E-state index in [0.717, 1.165) is 0 Å². The van der Waals surface area contributed by atoms with Crippen LogP contribution in [0.15, 0.2) is 18.2 Å². The quantitative estimate of drug-likeness (QED) is 0.861. The number of aryl methyl sites for hydroxylation is 1. The molecule has 1 saturated carbocycles. The lowest BCUT2D eigenvalue weighted by molar-refractivity contribution is 0.417. The molecule has 0 radical (unpaired) electrons. The maximum Gasteiger partial charge on any atom is 0.0367 e. The Kier molecular flexibility index (Phi) is 3.28. The van der Waals surface area contributed by atoms with Crippen molar-refractivity contribution in [2.45, 2.75) is 52.0 Å². The second kappa shape index (κ2) is 4.36. The van der Waals surface area contributed by atoms with Gasteiger partial charge >= 0.3 is 0 Å². The smallest absolute Gasteiger partial charge is 0.0367 e. The van der Waals surface area contributed by atoms with E-state index in [2.05, 4.69) is 45.9 Å². The van der Waals surface area contributed by atoms with E-state index in [9.17, 15) is 0 Å². The molecule has 18 heavy (non-hydrogen) atoms. The fourth-order valence-corrected chi connectivity index (χ4v) is 2.57. The summed E-state index contributed by atoms with van der Waals surface area (Å²) in [6.45, 7) is 9.57. The van der Waals surface area contributed by atoms with E-state index in [1.165, 1.54) is 29.5 Å². The van der Waals surface area contributed by atoms with Gasteiger partial charge in [-0.05, 0) is 48.4 Å². The molecule has 1 fully saturated rings. The average molecular weight is 246 g/mol. The molecular weight excluding hydrogens is 220 g/mol. The highest BCUT2D eigenvalue weighted by Gasteiger charge is 2.47. The van der Waals surface area contributed by atoms with E-state index in [0.29, 0.717) is 6.54 Å². The largest absolute Gasteiger partial charge is 0.330 e. The fourth-order valence-electron chi connectivity index (χ4n) is 2.57. The Hall–Kier alpha value is -0.860. The van der Waals surface area contributed by atoms with Crippen LogP contribution in [0.4, 0.5) is 0 Å². The van der Waals surface area contributed by atoms with Crippen molar-refractivity contribution >= 4 is 0 Å². The minimum Gasteiger partial charge on any atom is -0.330 e. The third-order valence-corrected chi connectivity index (χ3v) is 4.44. The maximum atomic E-state index is 6.48. The molecule has 1 aliphatic carbocycles. The first-order valence-electron chi connectivity index (χ1n) is 6.87. The van der Waals surface area contributed by atoms with Crippen LogP contribution < -0.4 is 11.5 Å². The number of hydrogen-bond acceptors (Lipinski definition) is 2. The van der Waals surface area contributed by atoms with Crippen molar-refractivity contribution < 1.29 is 0 Å². The van der Waals surface area contributed by atoms with Gasteiger partial charge in [-0.3, -0.25) is 0 Å². The minimum absolute atomic E-state index is 0.0878. The molecule has 0 amide bonds. The molecule has 2 nitrogen and oxygen atoms in total. The van der Waals surface area contributed by atoms with Gasteiger partial charge in [0, 0.05) is 11.5 Å². The molecule has 0 aromatic heterocycles. The third-order valence-electron chi connectivity index (χ3n) is 4.44. The first-order valence-corrected chi connectivity index (χ1v) is 6.87. The molecular formula is C16H26N2. The van der Waals surface area contributed by atoms with Crippen LogP contribution in [-0.2, 0) is 5.41 Å². The molecule has 1 aromatic rings. The summed E-state index contributed by atoms with van der Waals surface area (Å²) in [5.74, 6) is 0. The second-order valence-electron chi connectivity index (χ2n) is 6.87. The predicted octanol–water partition coefficient (Wildman–Crippen LogP) is 3.03. The molecule has 4 N–H and O–H groups in total. The SMILES string of the molecule is Cc1ccc(C(C)(C)C)cc1C(N)C1(CN)CC1. The highest BCUT2D eigenvalue weighted by Crippen LogP contribution is 2.53. The van der Waals surface area contributed by atoms with Crippen LogP contribution in [0.3, 0.4) is 0 Å². The van der Waals surface area contributed by atoms with Crippen LogP contribution in [0, 0.1) is 12.3 Å². The van der Waals surface area contributed by atoms with Crippen LogP contribution in [0.2, 0.25) is 0 Å². The van der Waals surface area contributed by atoms with Crippen LogP contribution in [-0.4, -0.2) is 6.54 Å². The highest BCUT2D eigenvalue weighted by molar-refractivity contribution is 5.38. The van der Waals surface area contributed by atoms with Crippen molar-refractivity contribution in [3.05, 3.63) is 34.9 Å². The molecule has 0 bridgehead atoms. The van der Waals surface area contributed by atoms with Crippen molar-refractivity contribution in [1.29, 1.82) is 0 Å². The lowest BCUT2D eigenvalue weighted by atomic mass is 9.81. The van der Waals surface area contributed by atoms with Crippen molar-refractivity contribution in [3.8, 4) is 0 Å². The summed E-state index contributed by atoms with van der Waals surface area (Å²) in [5.41, 5.74) is 16.6. The van der Waals surface area contributed by atoms with Crippen LogP contribution >= 0.6 is 0 Å². The van der Waals surface area contributed by atoms with Crippen molar-refractivity contribution in [2.75, 3.05) is 6.54 Å². The number of hydrogen-bond donors (Lipinski definition) is 2. The molecule has 2 heteroatoms. The first kappa shape index (κ1) is 13.6. The van der Waals surface area contributed by atoms with Gasteiger partial charge in [0.1, 0.15) is 0 Å². The molecule has 0 aliphatic heterocycles. The number of nitrogens with two attached hydrogens (primary N) is 2. The molecule has 0 saturated heterocycles. The average Bonchev–Trinajstić information content (AvgIpc) is 3.08. The Bertz CT molecular complexity index is 439. The van der Waals surface area contributed by atoms with Gasteiger partial charge in [-0.25, -0.2) is 0 Å². The van der Waals surface area contributed by atoms with Gasteiger partial charge in [0.2, 0.25) is 0 Å². The van der Waals surface area contributed by atoms with E-state index < -0.39 is 0 Å². The molecule has 1 aromatic carbocycles. The molecule has 1 aliphatic rings. The number of rotatable bonds is 3. The summed E-state index contributed by atoms with van der Waals surface area (Å²) in [6, 6.07) is 6.79. The zero-order valence-corrected chi connectivity index (χ0v) is 12.1. The fraction of sp³-hybridized carbons (Fsp3) is 0.625. The molecule has 0 spiro atoms. The first-order chi connectivity index (χ1) is 8.30. The molecule has 100 valence electrons. The van der Waals surface area contributed by atoms with E-state index in [4.69, 9.17) is 11.5 Å². The molecule has 0 heterocycles. The van der Waals surface area contributed by atoms with Gasteiger partial charge in [0.05, 0.1) is 0 Å². The normalized spacial score (nSPS) is 19.7. The lowest BCUT2D eigenvalue weighted by Gasteiger charge is -2.27. The van der Waals surface area contributed by atoms with Crippen molar-refractivity contribution in [2.24, 2.45) is 16.9 Å². The molecule has 1 atom stereocenters. The Labute approximate surface area is 111 Å². The molecule has 2 rings (SSSR count). The Balaban J connectivity index is 2.38. The van der Waals surface area contributed by atoms with E-state index in [1.807, 2.05) is 0 Å². The predicted molar refractivity (Wildman–Crippen MR) is 77.5 cm³/mol. The third kappa shape index (κ3) is 2.32. The Morgan fingerprint density at radius 3 is 2.33 bits per heavy atom. The van der Waals surface area contributed by atoms with Crippen LogP contribution in [0.1, 0.15) is 56.3 Å². The van der Waals surface area contributed by atoms with E-state index >= 15 is 0 Å². The summed E-state index contributed by atoms with van der Waals surface area (Å²) >= 11 is 0. The Morgan fingerprint density at radius 1 is 1.28 bits per heavy atom. The van der Waals surface area contributed by atoms with Gasteiger partial charge in [0.25, 0.3) is 0 Å². The van der Waals surface area contributed by atoms with Gasteiger partial charge in [0.15, 0.2) is 0 Å². The van der Waals surface area contributed by atoms with Crippen LogP contribution in [0.25, 0.3) is 0 Å². The van der Waals surface area contributed by atoms with E-state index in [1.54, 1.807) is 0 Å².